The van der Waals surface area contributed by atoms with Crippen molar-refractivity contribution in [3.05, 3.63) is 47.2 Å². The number of anilines is 1. The topological polar surface area (TPSA) is 51.8 Å². The zero-order valence-corrected chi connectivity index (χ0v) is 11.9. The number of rotatable bonds is 3. The van der Waals surface area contributed by atoms with Crippen LogP contribution < -0.4 is 5.73 Å². The molecule has 1 aliphatic carbocycles. The molecule has 2 N–H and O–H groups in total. The summed E-state index contributed by atoms with van der Waals surface area (Å²) in [5, 5.41) is 0. The maximum atomic E-state index is 13.1. The van der Waals surface area contributed by atoms with E-state index in [2.05, 4.69) is 9.97 Å². The van der Waals surface area contributed by atoms with Gasteiger partial charge >= 0.3 is 0 Å². The first-order valence-corrected chi connectivity index (χ1v) is 7.73. The van der Waals surface area contributed by atoms with Crippen LogP contribution in [0, 0.1) is 5.82 Å². The molecule has 104 valence electrons. The molecule has 0 radical (unpaired) electrons. The summed E-state index contributed by atoms with van der Waals surface area (Å²) in [6.07, 6.45) is 4.30. The van der Waals surface area contributed by atoms with Crippen LogP contribution in [0.25, 0.3) is 0 Å². The van der Waals surface area contributed by atoms with Gasteiger partial charge in [0.1, 0.15) is 17.5 Å². The van der Waals surface area contributed by atoms with Gasteiger partial charge in [0.2, 0.25) is 0 Å². The molecule has 1 aromatic heterocycles. The number of hydrogen-bond acceptors (Lipinski definition) is 4. The summed E-state index contributed by atoms with van der Waals surface area (Å²) < 4.78 is 13.1. The molecule has 0 atom stereocenters. The van der Waals surface area contributed by atoms with Gasteiger partial charge in [0.25, 0.3) is 0 Å². The molecule has 0 unspecified atom stereocenters. The summed E-state index contributed by atoms with van der Waals surface area (Å²) >= 11 is 1.53. The zero-order chi connectivity index (χ0) is 13.9. The lowest BCUT2D eigenvalue weighted by atomic mass is 9.96. The van der Waals surface area contributed by atoms with Gasteiger partial charge in [-0.05, 0) is 43.9 Å². The number of nitrogens with two attached hydrogens (primary N) is 1. The fourth-order valence-electron chi connectivity index (χ4n) is 2.45. The van der Waals surface area contributed by atoms with E-state index in [-0.39, 0.29) is 5.82 Å². The SMILES string of the molecule is Nc1nc(CSc2cccc(F)c2)nc2c1CCCC2. The lowest BCUT2D eigenvalue weighted by Gasteiger charge is -2.17. The van der Waals surface area contributed by atoms with Gasteiger partial charge in [0.05, 0.1) is 5.75 Å². The predicted molar refractivity (Wildman–Crippen MR) is 79.0 cm³/mol. The van der Waals surface area contributed by atoms with E-state index in [1.807, 2.05) is 6.07 Å². The third-order valence-corrected chi connectivity index (χ3v) is 4.42. The third-order valence-electron chi connectivity index (χ3n) is 3.43. The van der Waals surface area contributed by atoms with Crippen LogP contribution in [0.4, 0.5) is 10.2 Å². The van der Waals surface area contributed by atoms with E-state index in [1.165, 1.54) is 30.3 Å². The van der Waals surface area contributed by atoms with Crippen LogP contribution in [0.3, 0.4) is 0 Å². The minimum absolute atomic E-state index is 0.221. The standard InChI is InChI=1S/C15H16FN3S/c16-10-4-3-5-11(8-10)20-9-14-18-13-7-2-1-6-12(13)15(17)19-14/h3-5,8H,1-2,6-7,9H2,(H2,17,18,19). The van der Waals surface area contributed by atoms with Crippen LogP contribution in [0.15, 0.2) is 29.2 Å². The van der Waals surface area contributed by atoms with Gasteiger partial charge in [-0.1, -0.05) is 6.07 Å². The van der Waals surface area contributed by atoms with Gasteiger partial charge in [-0.15, -0.1) is 11.8 Å². The Balaban J connectivity index is 1.76. The number of nitrogens with zero attached hydrogens (tertiary/aromatic N) is 2. The Morgan fingerprint density at radius 3 is 2.90 bits per heavy atom. The summed E-state index contributed by atoms with van der Waals surface area (Å²) in [6, 6.07) is 6.55. The van der Waals surface area contributed by atoms with Gasteiger partial charge in [-0.25, -0.2) is 14.4 Å². The Morgan fingerprint density at radius 2 is 2.05 bits per heavy atom. The zero-order valence-electron chi connectivity index (χ0n) is 11.1. The molecule has 5 heteroatoms. The number of thioether (sulfide) groups is 1. The molecule has 20 heavy (non-hydrogen) atoms. The van der Waals surface area contributed by atoms with E-state index in [0.717, 1.165) is 41.2 Å². The summed E-state index contributed by atoms with van der Waals surface area (Å²) in [6.45, 7) is 0. The Bertz CT molecular complexity index is 631. The first kappa shape index (κ1) is 13.4. The summed E-state index contributed by atoms with van der Waals surface area (Å²) in [4.78, 5) is 9.86. The van der Waals surface area contributed by atoms with Crippen molar-refractivity contribution in [2.24, 2.45) is 0 Å². The summed E-state index contributed by atoms with van der Waals surface area (Å²) in [5.41, 5.74) is 8.23. The van der Waals surface area contributed by atoms with Crippen LogP contribution >= 0.6 is 11.8 Å². The van der Waals surface area contributed by atoms with Gasteiger partial charge in [-0.3, -0.25) is 0 Å². The molecule has 0 saturated carbocycles. The monoisotopic (exact) mass is 289 g/mol. The molecule has 3 nitrogen and oxygen atoms in total. The Labute approximate surface area is 121 Å². The quantitative estimate of drug-likeness (QED) is 0.880. The molecule has 1 aliphatic rings. The van der Waals surface area contributed by atoms with E-state index in [9.17, 15) is 4.39 Å². The molecule has 1 heterocycles. The van der Waals surface area contributed by atoms with Crippen LogP contribution in [-0.4, -0.2) is 9.97 Å². The molecule has 0 bridgehead atoms. The normalized spacial score (nSPS) is 14.1. The van der Waals surface area contributed by atoms with Crippen molar-refractivity contribution in [1.29, 1.82) is 0 Å². The number of benzene rings is 1. The van der Waals surface area contributed by atoms with Crippen molar-refractivity contribution in [3.8, 4) is 0 Å². The van der Waals surface area contributed by atoms with Crippen molar-refractivity contribution in [2.45, 2.75) is 36.3 Å². The molecule has 0 fully saturated rings. The minimum Gasteiger partial charge on any atom is -0.383 e. The highest BCUT2D eigenvalue weighted by atomic mass is 32.2. The number of nitrogen functional groups attached to an aromatic ring is 1. The number of hydrogen-bond donors (Lipinski definition) is 1. The molecule has 3 rings (SSSR count). The summed E-state index contributed by atoms with van der Waals surface area (Å²) in [5.74, 6) is 1.74. The molecule has 2 aromatic rings. The van der Waals surface area contributed by atoms with Crippen LogP contribution in [0.5, 0.6) is 0 Å². The average molecular weight is 289 g/mol. The van der Waals surface area contributed by atoms with Crippen molar-refractivity contribution >= 4 is 17.6 Å². The second-order valence-electron chi connectivity index (χ2n) is 4.90. The Kier molecular flexibility index (Phi) is 3.87. The largest absolute Gasteiger partial charge is 0.383 e. The molecular weight excluding hydrogens is 273 g/mol. The highest BCUT2D eigenvalue weighted by Crippen LogP contribution is 2.26. The van der Waals surface area contributed by atoms with Gasteiger partial charge in [0.15, 0.2) is 0 Å². The molecule has 0 aliphatic heterocycles. The van der Waals surface area contributed by atoms with Crippen LogP contribution in [-0.2, 0) is 18.6 Å². The van der Waals surface area contributed by atoms with Gasteiger partial charge in [0, 0.05) is 16.2 Å². The molecule has 1 aromatic carbocycles. The Morgan fingerprint density at radius 1 is 1.20 bits per heavy atom. The smallest absolute Gasteiger partial charge is 0.141 e. The van der Waals surface area contributed by atoms with Crippen molar-refractivity contribution in [3.63, 3.8) is 0 Å². The van der Waals surface area contributed by atoms with Gasteiger partial charge < -0.3 is 5.73 Å². The first-order valence-electron chi connectivity index (χ1n) is 6.75. The highest BCUT2D eigenvalue weighted by Gasteiger charge is 2.16. The minimum atomic E-state index is -0.221. The molecular formula is C15H16FN3S. The molecule has 0 saturated heterocycles. The van der Waals surface area contributed by atoms with E-state index < -0.39 is 0 Å². The number of fused-ring (bicyclic) bond motifs is 1. The first-order chi connectivity index (χ1) is 9.72. The van der Waals surface area contributed by atoms with Crippen LogP contribution in [0.2, 0.25) is 0 Å². The second-order valence-corrected chi connectivity index (χ2v) is 5.95. The van der Waals surface area contributed by atoms with Gasteiger partial charge in [-0.2, -0.15) is 0 Å². The third kappa shape index (κ3) is 2.93. The van der Waals surface area contributed by atoms with E-state index in [0.29, 0.717) is 11.6 Å². The van der Waals surface area contributed by atoms with E-state index in [1.54, 1.807) is 6.07 Å². The summed E-state index contributed by atoms with van der Waals surface area (Å²) in [7, 11) is 0. The predicted octanol–water partition coefficient (Wildman–Crippen LogP) is 3.37. The van der Waals surface area contributed by atoms with Crippen molar-refractivity contribution in [1.82, 2.24) is 9.97 Å². The average Bonchev–Trinajstić information content (AvgIpc) is 2.45. The second kappa shape index (κ2) is 5.79. The molecule has 0 spiro atoms. The fourth-order valence-corrected chi connectivity index (χ4v) is 3.24. The van der Waals surface area contributed by atoms with Crippen LogP contribution in [0.1, 0.15) is 29.9 Å². The van der Waals surface area contributed by atoms with E-state index in [4.69, 9.17) is 5.73 Å². The maximum Gasteiger partial charge on any atom is 0.141 e. The number of aryl methyl sites for hydroxylation is 1. The number of aromatic nitrogens is 2. The lowest BCUT2D eigenvalue weighted by Crippen LogP contribution is -2.12. The number of halogens is 1. The highest BCUT2D eigenvalue weighted by molar-refractivity contribution is 7.98. The maximum absolute atomic E-state index is 13.1. The van der Waals surface area contributed by atoms with Crippen molar-refractivity contribution in [2.75, 3.05) is 5.73 Å². The van der Waals surface area contributed by atoms with E-state index >= 15 is 0 Å². The molecule has 0 amide bonds. The lowest BCUT2D eigenvalue weighted by molar-refractivity contribution is 0.624. The Hall–Kier alpha value is -1.62. The fraction of sp³-hybridized carbons (Fsp3) is 0.333. The van der Waals surface area contributed by atoms with Crippen molar-refractivity contribution < 1.29 is 4.39 Å².